The second-order valence-electron chi connectivity index (χ2n) is 6.46. The number of rotatable bonds is 5. The largest absolute Gasteiger partial charge is 0.495 e. The number of anilines is 2. The molecule has 27 heavy (non-hydrogen) atoms. The highest BCUT2D eigenvalue weighted by Gasteiger charge is 2.27. The van der Waals surface area contributed by atoms with Gasteiger partial charge in [-0.3, -0.25) is 9.69 Å². The van der Waals surface area contributed by atoms with E-state index in [-0.39, 0.29) is 11.9 Å². The van der Waals surface area contributed by atoms with E-state index in [0.29, 0.717) is 15.7 Å². The summed E-state index contributed by atoms with van der Waals surface area (Å²) in [7, 11) is 1.68. The minimum absolute atomic E-state index is 0.115. The summed E-state index contributed by atoms with van der Waals surface area (Å²) in [5.41, 5.74) is 1.55. The van der Waals surface area contributed by atoms with Crippen molar-refractivity contribution in [1.82, 2.24) is 4.90 Å². The normalized spacial score (nSPS) is 16.1. The molecular weight excluding hydrogens is 385 g/mol. The lowest BCUT2D eigenvalue weighted by Crippen LogP contribution is -2.52. The van der Waals surface area contributed by atoms with E-state index >= 15 is 0 Å². The average molecular weight is 408 g/mol. The van der Waals surface area contributed by atoms with Gasteiger partial charge in [0.05, 0.1) is 34.6 Å². The Morgan fingerprint density at radius 1 is 1.04 bits per heavy atom. The first-order chi connectivity index (χ1) is 13.0. The van der Waals surface area contributed by atoms with E-state index in [2.05, 4.69) is 21.2 Å². The molecule has 1 aliphatic rings. The van der Waals surface area contributed by atoms with Crippen LogP contribution in [0, 0.1) is 0 Å². The number of para-hydroxylation sites is 3. The second kappa shape index (κ2) is 8.83. The summed E-state index contributed by atoms with van der Waals surface area (Å²) in [4.78, 5) is 17.1. The van der Waals surface area contributed by atoms with Crippen LogP contribution < -0.4 is 15.0 Å². The molecule has 1 atom stereocenters. The molecule has 1 saturated heterocycles. The third-order valence-corrected chi connectivity index (χ3v) is 5.51. The molecule has 0 radical (unpaired) electrons. The van der Waals surface area contributed by atoms with Crippen molar-refractivity contribution in [2.75, 3.05) is 43.5 Å². The average Bonchev–Trinajstić information content (AvgIpc) is 2.70. The van der Waals surface area contributed by atoms with Crippen molar-refractivity contribution in [1.29, 1.82) is 0 Å². The molecule has 1 fully saturated rings. The third kappa shape index (κ3) is 4.49. The van der Waals surface area contributed by atoms with Gasteiger partial charge in [0, 0.05) is 26.2 Å². The van der Waals surface area contributed by atoms with Crippen LogP contribution in [-0.4, -0.2) is 50.1 Å². The lowest BCUT2D eigenvalue weighted by molar-refractivity contribution is -0.120. The molecule has 7 heteroatoms. The van der Waals surface area contributed by atoms with Crippen LogP contribution in [0.2, 0.25) is 10.0 Å². The van der Waals surface area contributed by atoms with E-state index in [1.807, 2.05) is 25.1 Å². The fraction of sp³-hybridized carbons (Fsp3) is 0.350. The first kappa shape index (κ1) is 19.8. The van der Waals surface area contributed by atoms with Crippen molar-refractivity contribution in [2.24, 2.45) is 0 Å². The maximum atomic E-state index is 12.7. The van der Waals surface area contributed by atoms with Crippen LogP contribution in [0.15, 0.2) is 42.5 Å². The third-order valence-electron chi connectivity index (χ3n) is 4.88. The number of nitrogens with one attached hydrogen (secondary N) is 1. The first-order valence-corrected chi connectivity index (χ1v) is 9.63. The van der Waals surface area contributed by atoms with E-state index in [0.717, 1.165) is 37.6 Å². The summed E-state index contributed by atoms with van der Waals surface area (Å²) in [5, 5.41) is 3.73. The Morgan fingerprint density at radius 2 is 1.67 bits per heavy atom. The number of carbonyl (C=O) groups excluding carboxylic acids is 1. The number of benzene rings is 2. The maximum absolute atomic E-state index is 12.7. The summed E-state index contributed by atoms with van der Waals surface area (Å²) in [6.45, 7) is 5.11. The lowest BCUT2D eigenvalue weighted by Gasteiger charge is -2.38. The number of ether oxygens (including phenoxy) is 1. The van der Waals surface area contributed by atoms with E-state index in [1.165, 1.54) is 0 Å². The molecule has 1 heterocycles. The standard InChI is InChI=1S/C20H23Cl2N3O2/c1-14(20(26)23-19-15(21)6-5-7-16(19)22)24-10-12-25(13-11-24)17-8-3-4-9-18(17)27-2/h3-9,14H,10-13H2,1-2H3,(H,23,26)/t14-/m1/s1. The molecule has 5 nitrogen and oxygen atoms in total. The molecule has 1 N–H and O–H groups in total. The molecule has 0 saturated carbocycles. The Kier molecular flexibility index (Phi) is 6.47. The van der Waals surface area contributed by atoms with Gasteiger partial charge in [-0.15, -0.1) is 0 Å². The van der Waals surface area contributed by atoms with Gasteiger partial charge in [0.25, 0.3) is 0 Å². The minimum Gasteiger partial charge on any atom is -0.495 e. The predicted molar refractivity (Wildman–Crippen MR) is 111 cm³/mol. The Hall–Kier alpha value is -1.95. The van der Waals surface area contributed by atoms with Crippen LogP contribution in [0.4, 0.5) is 11.4 Å². The number of hydrogen-bond acceptors (Lipinski definition) is 4. The van der Waals surface area contributed by atoms with E-state index in [4.69, 9.17) is 27.9 Å². The lowest BCUT2D eigenvalue weighted by atomic mass is 10.2. The number of halogens is 2. The molecule has 2 aromatic rings. The molecule has 3 rings (SSSR count). The van der Waals surface area contributed by atoms with Crippen LogP contribution >= 0.6 is 23.2 Å². The molecular formula is C20H23Cl2N3O2. The summed E-state index contributed by atoms with van der Waals surface area (Å²) < 4.78 is 5.46. The summed E-state index contributed by atoms with van der Waals surface area (Å²) in [5.74, 6) is 0.751. The fourth-order valence-electron chi connectivity index (χ4n) is 3.25. The molecule has 144 valence electrons. The quantitative estimate of drug-likeness (QED) is 0.808. The number of hydrogen-bond donors (Lipinski definition) is 1. The van der Waals surface area contributed by atoms with Crippen molar-refractivity contribution in [3.8, 4) is 5.75 Å². The Balaban J connectivity index is 1.61. The summed E-state index contributed by atoms with van der Waals surface area (Å²) in [6.07, 6.45) is 0. The molecule has 2 aromatic carbocycles. The zero-order valence-corrected chi connectivity index (χ0v) is 16.9. The van der Waals surface area contributed by atoms with Crippen LogP contribution in [0.1, 0.15) is 6.92 Å². The molecule has 0 spiro atoms. The molecule has 0 aromatic heterocycles. The van der Waals surface area contributed by atoms with Crippen molar-refractivity contribution >= 4 is 40.5 Å². The van der Waals surface area contributed by atoms with Crippen LogP contribution in [0.25, 0.3) is 0 Å². The van der Waals surface area contributed by atoms with E-state index in [1.54, 1.807) is 25.3 Å². The maximum Gasteiger partial charge on any atom is 0.241 e. The van der Waals surface area contributed by atoms with Crippen molar-refractivity contribution in [3.63, 3.8) is 0 Å². The van der Waals surface area contributed by atoms with Gasteiger partial charge in [-0.25, -0.2) is 0 Å². The molecule has 0 aliphatic carbocycles. The fourth-order valence-corrected chi connectivity index (χ4v) is 3.74. The van der Waals surface area contributed by atoms with Gasteiger partial charge < -0.3 is 15.0 Å². The predicted octanol–water partition coefficient (Wildman–Crippen LogP) is 4.15. The summed E-state index contributed by atoms with van der Waals surface area (Å²) >= 11 is 12.3. The number of nitrogens with zero attached hydrogens (tertiary/aromatic N) is 2. The van der Waals surface area contributed by atoms with Gasteiger partial charge in [-0.05, 0) is 31.2 Å². The van der Waals surface area contributed by atoms with Crippen molar-refractivity contribution in [3.05, 3.63) is 52.5 Å². The van der Waals surface area contributed by atoms with Gasteiger partial charge in [0.15, 0.2) is 0 Å². The topological polar surface area (TPSA) is 44.8 Å². The van der Waals surface area contributed by atoms with Gasteiger partial charge >= 0.3 is 0 Å². The molecule has 0 bridgehead atoms. The van der Waals surface area contributed by atoms with Gasteiger partial charge in [-0.2, -0.15) is 0 Å². The van der Waals surface area contributed by atoms with Gasteiger partial charge in [0.1, 0.15) is 5.75 Å². The first-order valence-electron chi connectivity index (χ1n) is 8.88. The zero-order valence-electron chi connectivity index (χ0n) is 15.4. The van der Waals surface area contributed by atoms with E-state index < -0.39 is 0 Å². The van der Waals surface area contributed by atoms with Crippen LogP contribution in [0.5, 0.6) is 5.75 Å². The van der Waals surface area contributed by atoms with Crippen molar-refractivity contribution in [2.45, 2.75) is 13.0 Å². The van der Waals surface area contributed by atoms with Crippen LogP contribution in [0.3, 0.4) is 0 Å². The molecule has 1 aliphatic heterocycles. The highest BCUT2D eigenvalue weighted by atomic mass is 35.5. The van der Waals surface area contributed by atoms with Gasteiger partial charge in [0.2, 0.25) is 5.91 Å². The Labute approximate surface area is 169 Å². The minimum atomic E-state index is -0.280. The highest BCUT2D eigenvalue weighted by Crippen LogP contribution is 2.31. The smallest absolute Gasteiger partial charge is 0.241 e. The highest BCUT2D eigenvalue weighted by molar-refractivity contribution is 6.39. The van der Waals surface area contributed by atoms with Crippen molar-refractivity contribution < 1.29 is 9.53 Å². The monoisotopic (exact) mass is 407 g/mol. The SMILES string of the molecule is COc1ccccc1N1CCN([C@H](C)C(=O)Nc2c(Cl)cccc2Cl)CC1. The zero-order chi connectivity index (χ0) is 19.4. The number of amides is 1. The number of carbonyl (C=O) groups is 1. The Bertz CT molecular complexity index is 787. The number of methoxy groups -OCH3 is 1. The molecule has 1 amide bonds. The second-order valence-corrected chi connectivity index (χ2v) is 7.27. The number of piperazine rings is 1. The van der Waals surface area contributed by atoms with E-state index in [9.17, 15) is 4.79 Å². The Morgan fingerprint density at radius 3 is 2.30 bits per heavy atom. The summed E-state index contributed by atoms with van der Waals surface area (Å²) in [6, 6.07) is 12.9. The van der Waals surface area contributed by atoms with Gasteiger partial charge in [-0.1, -0.05) is 41.4 Å². The molecule has 0 unspecified atom stereocenters. The van der Waals surface area contributed by atoms with Crippen LogP contribution in [-0.2, 0) is 4.79 Å².